The van der Waals surface area contributed by atoms with Gasteiger partial charge in [0.1, 0.15) is 5.82 Å². The molecule has 2 aromatic rings. The monoisotopic (exact) mass is 207 g/mol. The van der Waals surface area contributed by atoms with Crippen molar-refractivity contribution in [2.24, 2.45) is 12.0 Å². The van der Waals surface area contributed by atoms with Gasteiger partial charge in [0.05, 0.1) is 0 Å². The van der Waals surface area contributed by atoms with E-state index < -0.39 is 0 Å². The van der Waals surface area contributed by atoms with Gasteiger partial charge in [0, 0.05) is 19.7 Å². The smallest absolute Gasteiger partial charge is 0.314 e. The Hall–Kier alpha value is -1.91. The molecule has 0 bridgehead atoms. The summed E-state index contributed by atoms with van der Waals surface area (Å²) < 4.78 is 19.6. The van der Waals surface area contributed by atoms with Crippen molar-refractivity contribution in [2.75, 3.05) is 7.05 Å². The summed E-state index contributed by atoms with van der Waals surface area (Å²) in [5, 5.41) is 4.12. The lowest BCUT2D eigenvalue weighted by molar-refractivity contribution is 0.484. The van der Waals surface area contributed by atoms with Gasteiger partial charge in [-0.25, -0.2) is 14.1 Å². The van der Waals surface area contributed by atoms with Crippen molar-refractivity contribution in [2.45, 2.75) is 0 Å². The number of halogens is 1. The van der Waals surface area contributed by atoms with Gasteiger partial charge in [-0.1, -0.05) is 0 Å². The van der Waals surface area contributed by atoms with Crippen molar-refractivity contribution in [3.05, 3.63) is 35.8 Å². The van der Waals surface area contributed by atoms with E-state index in [0.717, 1.165) is 5.56 Å². The van der Waals surface area contributed by atoms with E-state index in [4.69, 9.17) is 4.42 Å². The molecule has 0 fully saturated rings. The lowest BCUT2D eigenvalue weighted by Gasteiger charge is -1.92. The van der Waals surface area contributed by atoms with Gasteiger partial charge < -0.3 is 4.42 Å². The zero-order chi connectivity index (χ0) is 10.8. The number of nitrogens with zero attached hydrogens (tertiary/aromatic N) is 3. The third-order valence-electron chi connectivity index (χ3n) is 1.99. The Morgan fingerprint density at radius 2 is 2.00 bits per heavy atom. The number of benzene rings is 1. The van der Waals surface area contributed by atoms with Crippen LogP contribution in [0.1, 0.15) is 0 Å². The van der Waals surface area contributed by atoms with Crippen LogP contribution >= 0.6 is 0 Å². The number of hydrogen-bond acceptors (Lipinski definition) is 3. The van der Waals surface area contributed by atoms with Crippen LogP contribution in [0.15, 0.2) is 33.7 Å². The quantitative estimate of drug-likeness (QED) is 0.708. The molecule has 78 valence electrons. The molecule has 0 saturated carbocycles. The van der Waals surface area contributed by atoms with E-state index in [0.29, 0.717) is 11.6 Å². The maximum Gasteiger partial charge on any atom is 0.314 e. The Morgan fingerprint density at radius 1 is 1.33 bits per heavy atom. The lowest BCUT2D eigenvalue weighted by Crippen LogP contribution is -2.12. The van der Waals surface area contributed by atoms with Gasteiger partial charge in [-0.05, 0) is 24.3 Å². The SMILES string of the molecule is CN=c1oc(-c2ccc(F)cc2)nn1C. The molecule has 0 aliphatic carbocycles. The van der Waals surface area contributed by atoms with Crippen LogP contribution in [0.3, 0.4) is 0 Å². The third kappa shape index (κ3) is 1.81. The molecular formula is C10H10FN3O. The first-order valence-electron chi connectivity index (χ1n) is 4.43. The van der Waals surface area contributed by atoms with E-state index in [2.05, 4.69) is 10.1 Å². The molecule has 0 radical (unpaired) electrons. The molecule has 15 heavy (non-hydrogen) atoms. The first-order valence-corrected chi connectivity index (χ1v) is 4.43. The summed E-state index contributed by atoms with van der Waals surface area (Å²) in [7, 11) is 3.35. The Morgan fingerprint density at radius 3 is 2.53 bits per heavy atom. The summed E-state index contributed by atoms with van der Waals surface area (Å²) in [5.41, 5.74) is 1.15. The predicted molar refractivity (Wildman–Crippen MR) is 52.4 cm³/mol. The molecule has 1 heterocycles. The second kappa shape index (κ2) is 3.68. The van der Waals surface area contributed by atoms with Gasteiger partial charge in [0.25, 0.3) is 0 Å². The minimum atomic E-state index is -0.282. The van der Waals surface area contributed by atoms with E-state index in [1.165, 1.54) is 16.8 Å². The van der Waals surface area contributed by atoms with Gasteiger partial charge in [0.2, 0.25) is 5.89 Å². The van der Waals surface area contributed by atoms with Gasteiger partial charge >= 0.3 is 5.68 Å². The van der Waals surface area contributed by atoms with E-state index >= 15 is 0 Å². The maximum absolute atomic E-state index is 12.7. The Bertz CT molecular complexity index is 524. The summed E-state index contributed by atoms with van der Waals surface area (Å²) in [6, 6.07) is 5.95. The van der Waals surface area contributed by atoms with Crippen LogP contribution in [0, 0.1) is 5.82 Å². The molecule has 1 aromatic heterocycles. The Balaban J connectivity index is 2.50. The first kappa shape index (κ1) is 9.64. The Labute approximate surface area is 85.7 Å². The fourth-order valence-electron chi connectivity index (χ4n) is 1.25. The topological polar surface area (TPSA) is 43.3 Å². The first-order chi connectivity index (χ1) is 7.20. The number of hydrogen-bond donors (Lipinski definition) is 0. The molecule has 0 atom stereocenters. The fraction of sp³-hybridized carbons (Fsp3) is 0.200. The number of rotatable bonds is 1. The van der Waals surface area contributed by atoms with E-state index in [1.807, 2.05) is 0 Å². The second-order valence-corrected chi connectivity index (χ2v) is 3.04. The van der Waals surface area contributed by atoms with Gasteiger partial charge in [-0.2, -0.15) is 0 Å². The van der Waals surface area contributed by atoms with Crippen LogP contribution in [0.25, 0.3) is 11.5 Å². The zero-order valence-corrected chi connectivity index (χ0v) is 8.44. The predicted octanol–water partition coefficient (Wildman–Crippen LogP) is 1.35. The summed E-state index contributed by atoms with van der Waals surface area (Å²) in [4.78, 5) is 3.89. The molecule has 0 saturated heterocycles. The number of aryl methyl sites for hydroxylation is 1. The van der Waals surface area contributed by atoms with E-state index in [9.17, 15) is 4.39 Å². The summed E-state index contributed by atoms with van der Waals surface area (Å²) in [5.74, 6) is 0.146. The van der Waals surface area contributed by atoms with E-state index in [1.54, 1.807) is 26.2 Å². The molecular weight excluding hydrogens is 197 g/mol. The number of aromatic nitrogens is 2. The van der Waals surface area contributed by atoms with Crippen LogP contribution < -0.4 is 5.68 Å². The van der Waals surface area contributed by atoms with Crippen LogP contribution in [-0.4, -0.2) is 16.8 Å². The fourth-order valence-corrected chi connectivity index (χ4v) is 1.25. The molecule has 1 aromatic carbocycles. The molecule has 0 spiro atoms. The third-order valence-corrected chi connectivity index (χ3v) is 1.99. The van der Waals surface area contributed by atoms with Crippen LogP contribution in [-0.2, 0) is 7.05 Å². The summed E-state index contributed by atoms with van der Waals surface area (Å²) in [6.45, 7) is 0. The minimum Gasteiger partial charge on any atom is -0.403 e. The molecule has 0 aliphatic heterocycles. The van der Waals surface area contributed by atoms with Crippen molar-refractivity contribution >= 4 is 0 Å². The highest BCUT2D eigenvalue weighted by molar-refractivity contribution is 5.51. The summed E-state index contributed by atoms with van der Waals surface area (Å²) in [6.07, 6.45) is 0. The highest BCUT2D eigenvalue weighted by Crippen LogP contribution is 2.15. The molecule has 4 nitrogen and oxygen atoms in total. The van der Waals surface area contributed by atoms with Gasteiger partial charge in [-0.15, -0.1) is 5.10 Å². The highest BCUT2D eigenvalue weighted by Gasteiger charge is 2.05. The van der Waals surface area contributed by atoms with Crippen LogP contribution in [0.2, 0.25) is 0 Å². The van der Waals surface area contributed by atoms with Crippen molar-refractivity contribution in [1.29, 1.82) is 0 Å². The Kier molecular flexibility index (Phi) is 2.37. The van der Waals surface area contributed by atoms with Crippen molar-refractivity contribution in [3.63, 3.8) is 0 Å². The maximum atomic E-state index is 12.7. The lowest BCUT2D eigenvalue weighted by atomic mass is 10.2. The zero-order valence-electron chi connectivity index (χ0n) is 8.44. The molecule has 0 aliphatic rings. The second-order valence-electron chi connectivity index (χ2n) is 3.04. The molecule has 0 N–H and O–H groups in total. The van der Waals surface area contributed by atoms with Crippen LogP contribution in [0.4, 0.5) is 4.39 Å². The van der Waals surface area contributed by atoms with Gasteiger partial charge in [-0.3, -0.25) is 0 Å². The highest BCUT2D eigenvalue weighted by atomic mass is 19.1. The van der Waals surface area contributed by atoms with E-state index in [-0.39, 0.29) is 5.82 Å². The largest absolute Gasteiger partial charge is 0.403 e. The molecule has 0 amide bonds. The van der Waals surface area contributed by atoms with Crippen molar-refractivity contribution in [3.8, 4) is 11.5 Å². The average Bonchev–Trinajstić information content (AvgIpc) is 2.61. The van der Waals surface area contributed by atoms with Crippen molar-refractivity contribution < 1.29 is 8.81 Å². The standard InChI is InChI=1S/C10H10FN3O/c1-12-10-14(2)13-9(15-10)7-3-5-8(11)6-4-7/h3-6H,1-2H3. The van der Waals surface area contributed by atoms with Crippen LogP contribution in [0.5, 0.6) is 0 Å². The molecule has 0 unspecified atom stereocenters. The van der Waals surface area contributed by atoms with Crippen molar-refractivity contribution in [1.82, 2.24) is 9.78 Å². The summed E-state index contributed by atoms with van der Waals surface area (Å²) >= 11 is 0. The average molecular weight is 207 g/mol. The normalized spacial score (nSPS) is 12.1. The van der Waals surface area contributed by atoms with Gasteiger partial charge in [0.15, 0.2) is 0 Å². The minimum absolute atomic E-state index is 0.282. The molecule has 5 heteroatoms. The molecule has 2 rings (SSSR count).